The molecule has 0 spiro atoms. The molecule has 0 unspecified atom stereocenters. The Morgan fingerprint density at radius 3 is 2.00 bits per heavy atom. The Balaban J connectivity index is 1.18. The third-order valence-corrected chi connectivity index (χ3v) is 9.73. The Morgan fingerprint density at radius 1 is 0.609 bits per heavy atom. The monoisotopic (exact) mass is 592 g/mol. The largest absolute Gasteiger partial charge is 0.488 e. The number of rotatable bonds is 4. The van der Waals surface area contributed by atoms with Gasteiger partial charge in [0.05, 0.1) is 11.4 Å². The van der Waals surface area contributed by atoms with Gasteiger partial charge < -0.3 is 9.72 Å². The molecule has 0 saturated carbocycles. The maximum atomic E-state index is 6.51. The van der Waals surface area contributed by atoms with Crippen LogP contribution < -0.4 is 4.74 Å². The van der Waals surface area contributed by atoms with E-state index in [0.29, 0.717) is 6.61 Å². The molecule has 1 aromatic heterocycles. The summed E-state index contributed by atoms with van der Waals surface area (Å²) in [5.41, 5.74) is 14.1. The molecule has 9 rings (SSSR count). The highest BCUT2D eigenvalue weighted by Crippen LogP contribution is 2.58. The Kier molecular flexibility index (Phi) is 5.91. The third kappa shape index (κ3) is 3.95. The van der Waals surface area contributed by atoms with Crippen molar-refractivity contribution in [2.24, 2.45) is 0 Å². The van der Waals surface area contributed by atoms with Crippen molar-refractivity contribution in [2.45, 2.75) is 19.3 Å². The van der Waals surface area contributed by atoms with E-state index in [-0.39, 0.29) is 5.41 Å². The van der Waals surface area contributed by atoms with Gasteiger partial charge in [-0.1, -0.05) is 147 Å². The summed E-state index contributed by atoms with van der Waals surface area (Å²) >= 11 is 0. The number of ether oxygens (including phenoxy) is 1. The molecule has 0 atom stereocenters. The molecule has 220 valence electrons. The number of fused-ring (bicyclic) bond motifs is 8. The van der Waals surface area contributed by atoms with Gasteiger partial charge in [0.25, 0.3) is 0 Å². The molecular weight excluding hydrogens is 560 g/mol. The minimum absolute atomic E-state index is 0.171. The summed E-state index contributed by atoms with van der Waals surface area (Å²) < 4.78 is 6.51. The Hall–Kier alpha value is -5.67. The molecule has 6 aromatic carbocycles. The van der Waals surface area contributed by atoms with Gasteiger partial charge in [-0.05, 0) is 44.9 Å². The fraction of sp³-hybridized carbons (Fsp3) is 0.0930. The highest BCUT2D eigenvalue weighted by Gasteiger charge is 2.41. The van der Waals surface area contributed by atoms with Crippen LogP contribution in [-0.2, 0) is 5.41 Å². The lowest BCUT2D eigenvalue weighted by atomic mass is 9.76. The molecule has 3 nitrogen and oxygen atoms in total. The second kappa shape index (κ2) is 10.2. The van der Waals surface area contributed by atoms with Crippen molar-refractivity contribution < 1.29 is 4.74 Å². The van der Waals surface area contributed by atoms with Crippen LogP contribution in [0.5, 0.6) is 5.75 Å². The first-order valence-electron chi connectivity index (χ1n) is 15.9. The van der Waals surface area contributed by atoms with Crippen LogP contribution in [-0.4, -0.2) is 16.6 Å². The van der Waals surface area contributed by atoms with E-state index in [2.05, 4.69) is 146 Å². The zero-order valence-electron chi connectivity index (χ0n) is 25.8. The predicted octanol–water partition coefficient (Wildman–Crippen LogP) is 10.7. The minimum Gasteiger partial charge on any atom is -0.488 e. The van der Waals surface area contributed by atoms with Gasteiger partial charge in [0, 0.05) is 33.1 Å². The number of nitrogens with zero attached hydrogens (tertiary/aromatic N) is 1. The second-order valence-electron chi connectivity index (χ2n) is 12.7. The lowest BCUT2D eigenvalue weighted by molar-refractivity contribution is 0.361. The zero-order chi connectivity index (χ0) is 30.8. The van der Waals surface area contributed by atoms with Gasteiger partial charge in [0.15, 0.2) is 0 Å². The van der Waals surface area contributed by atoms with E-state index in [0.717, 1.165) is 39.7 Å². The molecule has 1 N–H and O–H groups in total. The maximum Gasteiger partial charge on any atom is 0.138 e. The summed E-state index contributed by atoms with van der Waals surface area (Å²) in [6.07, 6.45) is 2.25. The Labute approximate surface area is 268 Å². The minimum atomic E-state index is -0.171. The molecule has 1 aliphatic heterocycles. The molecule has 3 heteroatoms. The van der Waals surface area contributed by atoms with Crippen molar-refractivity contribution in [1.82, 2.24) is 9.97 Å². The first-order valence-corrected chi connectivity index (χ1v) is 15.9. The number of aromatic nitrogens is 2. The average Bonchev–Trinajstić information content (AvgIpc) is 3.67. The molecule has 7 aromatic rings. The molecule has 1 aliphatic carbocycles. The van der Waals surface area contributed by atoms with Crippen LogP contribution in [0, 0.1) is 0 Å². The van der Waals surface area contributed by atoms with Crippen molar-refractivity contribution in [2.75, 3.05) is 6.61 Å². The van der Waals surface area contributed by atoms with E-state index in [1.54, 1.807) is 0 Å². The summed E-state index contributed by atoms with van der Waals surface area (Å²) in [6.45, 7) is 5.25. The number of hydrogen-bond acceptors (Lipinski definition) is 2. The quantitative estimate of drug-likeness (QED) is 0.221. The molecule has 0 radical (unpaired) electrons. The standard InChI is InChI=1S/C43H32N2O/c1-43(2)35-20-12-11-19-34(35)36-32-17-9-10-18-33(32)41-37(38(36)43)31(25-26-46-41)27-21-23-30(24-22-27)42-44-39(28-13-5-3-6-14-28)40(45-42)29-15-7-4-8-16-29/h3-25H,26H2,1-2H3,(H,44,45). The second-order valence-corrected chi connectivity index (χ2v) is 12.7. The summed E-state index contributed by atoms with van der Waals surface area (Å²) in [5, 5.41) is 2.43. The summed E-state index contributed by atoms with van der Waals surface area (Å²) in [5.74, 6) is 1.84. The number of aromatic amines is 1. The van der Waals surface area contributed by atoms with Gasteiger partial charge >= 0.3 is 0 Å². The number of imidazole rings is 1. The van der Waals surface area contributed by atoms with Gasteiger partial charge in [-0.25, -0.2) is 4.98 Å². The van der Waals surface area contributed by atoms with E-state index >= 15 is 0 Å². The maximum absolute atomic E-state index is 6.51. The van der Waals surface area contributed by atoms with Crippen molar-refractivity contribution in [1.29, 1.82) is 0 Å². The molecule has 0 amide bonds. The molecule has 0 saturated heterocycles. The van der Waals surface area contributed by atoms with Crippen LogP contribution in [0.25, 0.3) is 61.4 Å². The first kappa shape index (κ1) is 26.7. The van der Waals surface area contributed by atoms with Crippen molar-refractivity contribution in [3.63, 3.8) is 0 Å². The third-order valence-electron chi connectivity index (χ3n) is 9.73. The van der Waals surface area contributed by atoms with Crippen LogP contribution in [0.4, 0.5) is 0 Å². The van der Waals surface area contributed by atoms with E-state index in [4.69, 9.17) is 9.72 Å². The lowest BCUT2D eigenvalue weighted by Gasteiger charge is -2.30. The highest BCUT2D eigenvalue weighted by atomic mass is 16.5. The van der Waals surface area contributed by atoms with Crippen molar-refractivity contribution in [3.05, 3.63) is 162 Å². The summed E-state index contributed by atoms with van der Waals surface area (Å²) in [7, 11) is 0. The van der Waals surface area contributed by atoms with Crippen LogP contribution in [0.15, 0.2) is 140 Å². The number of hydrogen-bond donors (Lipinski definition) is 1. The smallest absolute Gasteiger partial charge is 0.138 e. The zero-order valence-corrected chi connectivity index (χ0v) is 25.8. The predicted molar refractivity (Wildman–Crippen MR) is 189 cm³/mol. The average molecular weight is 593 g/mol. The molecule has 0 fully saturated rings. The van der Waals surface area contributed by atoms with E-state index in [1.807, 2.05) is 12.1 Å². The van der Waals surface area contributed by atoms with Gasteiger partial charge in [0.1, 0.15) is 18.2 Å². The molecule has 2 heterocycles. The van der Waals surface area contributed by atoms with Gasteiger partial charge in [0.2, 0.25) is 0 Å². The van der Waals surface area contributed by atoms with E-state index in [9.17, 15) is 0 Å². The fourth-order valence-electron chi connectivity index (χ4n) is 7.61. The lowest BCUT2D eigenvalue weighted by Crippen LogP contribution is -2.19. The summed E-state index contributed by atoms with van der Waals surface area (Å²) in [4.78, 5) is 8.80. The van der Waals surface area contributed by atoms with E-state index in [1.165, 1.54) is 49.7 Å². The Bertz CT molecular complexity index is 2250. The van der Waals surface area contributed by atoms with Crippen LogP contribution in [0.3, 0.4) is 0 Å². The SMILES string of the molecule is CC1(C)c2ccccc2-c2c1c1c(c3ccccc23)OCC=C1c1ccc(-c2nc(-c3ccccc3)c(-c3ccccc3)[nH]2)cc1. The summed E-state index contributed by atoms with van der Waals surface area (Å²) in [6, 6.07) is 47.3. The Morgan fingerprint density at radius 2 is 1.24 bits per heavy atom. The highest BCUT2D eigenvalue weighted by molar-refractivity contribution is 6.10. The molecular formula is C43H32N2O. The number of nitrogens with one attached hydrogen (secondary N) is 1. The normalized spacial score (nSPS) is 14.3. The molecule has 0 bridgehead atoms. The van der Waals surface area contributed by atoms with Crippen LogP contribution in [0.1, 0.15) is 36.1 Å². The number of benzene rings is 6. The molecule has 2 aliphatic rings. The van der Waals surface area contributed by atoms with Gasteiger partial charge in [-0.2, -0.15) is 0 Å². The molecule has 46 heavy (non-hydrogen) atoms. The van der Waals surface area contributed by atoms with Crippen molar-refractivity contribution >= 4 is 16.3 Å². The van der Waals surface area contributed by atoms with Crippen LogP contribution in [0.2, 0.25) is 0 Å². The van der Waals surface area contributed by atoms with Crippen LogP contribution >= 0.6 is 0 Å². The van der Waals surface area contributed by atoms with Gasteiger partial charge in [-0.15, -0.1) is 0 Å². The van der Waals surface area contributed by atoms with Crippen molar-refractivity contribution in [3.8, 4) is 50.8 Å². The van der Waals surface area contributed by atoms with Gasteiger partial charge in [-0.3, -0.25) is 0 Å². The van der Waals surface area contributed by atoms with E-state index < -0.39 is 0 Å². The first-order chi connectivity index (χ1) is 22.6. The fourth-order valence-corrected chi connectivity index (χ4v) is 7.61. The number of H-pyrrole nitrogens is 1. The topological polar surface area (TPSA) is 37.9 Å².